The topological polar surface area (TPSA) is 104 Å². The van der Waals surface area contributed by atoms with Crippen LogP contribution in [-0.2, 0) is 24.3 Å². The van der Waals surface area contributed by atoms with Gasteiger partial charge in [0.25, 0.3) is 0 Å². The lowest BCUT2D eigenvalue weighted by atomic mass is 9.84. The highest BCUT2D eigenvalue weighted by molar-refractivity contribution is 7.89. The van der Waals surface area contributed by atoms with Crippen LogP contribution in [0.1, 0.15) is 18.9 Å². The molecular weight excluding hydrogens is 359 g/mol. The molecule has 3 rings (SSSR count). The fraction of sp³-hybridized carbons (Fsp3) is 0.500. The van der Waals surface area contributed by atoms with Crippen molar-refractivity contribution in [1.82, 2.24) is 9.12 Å². The van der Waals surface area contributed by atoms with Crippen LogP contribution < -0.4 is 0 Å². The molecule has 10 heteroatoms. The molecule has 2 heterocycles. The van der Waals surface area contributed by atoms with Crippen LogP contribution in [0.4, 0.5) is 0 Å². The van der Waals surface area contributed by atoms with Crippen molar-refractivity contribution in [2.45, 2.75) is 43.6 Å². The first-order chi connectivity index (χ1) is 12.1. The van der Waals surface area contributed by atoms with Crippen molar-refractivity contribution in [3.05, 3.63) is 29.8 Å². The number of carbonyl (C=O) groups is 2. The Hall–Kier alpha value is -1.91. The van der Waals surface area contributed by atoms with Gasteiger partial charge in [-0.05, 0) is 32.8 Å². The summed E-state index contributed by atoms with van der Waals surface area (Å²) in [6.07, 6.45) is -0.0271. The molecule has 1 aromatic carbocycles. The van der Waals surface area contributed by atoms with Crippen molar-refractivity contribution >= 4 is 29.0 Å². The van der Waals surface area contributed by atoms with E-state index < -0.39 is 40.5 Å². The summed E-state index contributed by atoms with van der Waals surface area (Å²) in [6.45, 7) is 4.98. The Kier molecular flexibility index (Phi) is 4.62. The van der Waals surface area contributed by atoms with Crippen LogP contribution in [-0.4, -0.2) is 66.2 Å². The third kappa shape index (κ3) is 2.82. The Labute approximate surface area is 152 Å². The van der Waals surface area contributed by atoms with Crippen LogP contribution in [0.2, 0.25) is 6.82 Å². The first-order valence-electron chi connectivity index (χ1n) is 8.42. The molecule has 1 unspecified atom stereocenters. The van der Waals surface area contributed by atoms with Crippen molar-refractivity contribution in [3.63, 3.8) is 0 Å². The second-order valence-corrected chi connectivity index (χ2v) is 8.53. The maximum absolute atomic E-state index is 12.9. The van der Waals surface area contributed by atoms with Crippen molar-refractivity contribution < 1.29 is 27.8 Å². The van der Waals surface area contributed by atoms with E-state index >= 15 is 0 Å². The molecule has 1 N–H and O–H groups in total. The van der Waals surface area contributed by atoms with E-state index in [9.17, 15) is 23.0 Å². The molecular formula is C16H21BN2O6S. The van der Waals surface area contributed by atoms with Gasteiger partial charge in [-0.2, -0.15) is 4.31 Å². The summed E-state index contributed by atoms with van der Waals surface area (Å²) in [5, 5.41) is 9.94. The Morgan fingerprint density at radius 2 is 2.00 bits per heavy atom. The van der Waals surface area contributed by atoms with Crippen LogP contribution in [0.3, 0.4) is 0 Å². The summed E-state index contributed by atoms with van der Waals surface area (Å²) in [4.78, 5) is 26.1. The van der Waals surface area contributed by atoms with Gasteiger partial charge in [-0.15, -0.1) is 0 Å². The highest BCUT2D eigenvalue weighted by Gasteiger charge is 2.71. The summed E-state index contributed by atoms with van der Waals surface area (Å²) in [6, 6.07) is 5.35. The third-order valence-electron chi connectivity index (χ3n) is 4.85. The lowest BCUT2D eigenvalue weighted by Gasteiger charge is -2.23. The molecule has 3 atom stereocenters. The van der Waals surface area contributed by atoms with Gasteiger partial charge >= 0.3 is 13.0 Å². The average Bonchev–Trinajstić information content (AvgIpc) is 3.23. The number of amides is 1. The number of nitrogens with zero attached hydrogens (tertiary/aromatic N) is 2. The number of benzene rings is 1. The zero-order chi connectivity index (χ0) is 19.3. The molecule has 0 aliphatic carbocycles. The molecule has 0 aromatic heterocycles. The number of carbonyl (C=O) groups excluding carboxylic acids is 2. The van der Waals surface area contributed by atoms with Crippen LogP contribution in [0.5, 0.6) is 0 Å². The number of ether oxygens (including phenoxy) is 1. The molecule has 2 aliphatic rings. The van der Waals surface area contributed by atoms with Crippen molar-refractivity contribution in [1.29, 1.82) is 0 Å². The monoisotopic (exact) mass is 380 g/mol. The van der Waals surface area contributed by atoms with Gasteiger partial charge < -0.3 is 14.6 Å². The maximum Gasteiger partial charge on any atom is 0.412 e. The lowest BCUT2D eigenvalue weighted by Crippen LogP contribution is -2.49. The van der Waals surface area contributed by atoms with Gasteiger partial charge in [0.05, 0.1) is 11.5 Å². The molecule has 0 saturated carbocycles. The lowest BCUT2D eigenvalue weighted by molar-refractivity contribution is -0.149. The molecule has 2 saturated heterocycles. The molecule has 0 radical (unpaired) electrons. The van der Waals surface area contributed by atoms with Gasteiger partial charge in [0.15, 0.2) is 0 Å². The van der Waals surface area contributed by atoms with Crippen LogP contribution >= 0.6 is 0 Å². The van der Waals surface area contributed by atoms with E-state index in [0.29, 0.717) is 0 Å². The fourth-order valence-electron chi connectivity index (χ4n) is 3.45. The quantitative estimate of drug-likeness (QED) is 0.439. The third-order valence-corrected chi connectivity index (χ3v) is 6.78. The van der Waals surface area contributed by atoms with Crippen LogP contribution in [0.15, 0.2) is 29.2 Å². The molecule has 2 aliphatic heterocycles. The SMILES string of the molecule is CCOC(=O)[C@H]1C[C@]2(CN2S(=O)(=O)c2ccc(C)cc2)C(=O)N1B(C)O. The van der Waals surface area contributed by atoms with Gasteiger partial charge in [-0.25, -0.2) is 13.2 Å². The largest absolute Gasteiger partial charge is 0.464 e. The van der Waals surface area contributed by atoms with E-state index in [4.69, 9.17) is 4.74 Å². The van der Waals surface area contributed by atoms with E-state index in [-0.39, 0.29) is 24.5 Å². The van der Waals surface area contributed by atoms with Crippen molar-refractivity contribution in [3.8, 4) is 0 Å². The van der Waals surface area contributed by atoms with Gasteiger partial charge in [0.1, 0.15) is 11.6 Å². The number of hydrogen-bond acceptors (Lipinski definition) is 6. The molecule has 1 amide bonds. The molecule has 0 bridgehead atoms. The normalized spacial score (nSPS) is 27.7. The molecule has 1 spiro atoms. The number of aryl methyl sites for hydroxylation is 1. The van der Waals surface area contributed by atoms with Gasteiger partial charge in [0.2, 0.25) is 15.9 Å². The minimum absolute atomic E-state index is 0.0127. The summed E-state index contributed by atoms with van der Waals surface area (Å²) >= 11 is 0. The summed E-state index contributed by atoms with van der Waals surface area (Å²) in [5.41, 5.74) is -0.401. The van der Waals surface area contributed by atoms with E-state index in [0.717, 1.165) is 14.7 Å². The first-order valence-corrected chi connectivity index (χ1v) is 9.86. The Bertz CT molecular complexity index is 841. The molecule has 8 nitrogen and oxygen atoms in total. The van der Waals surface area contributed by atoms with Crippen LogP contribution in [0, 0.1) is 6.92 Å². The predicted octanol–water partition coefficient (Wildman–Crippen LogP) is 0.0124. The van der Waals surface area contributed by atoms with Gasteiger partial charge in [-0.3, -0.25) is 4.79 Å². The standard InChI is InChI=1S/C16H21BN2O6S/c1-4-25-14(20)13-9-16(15(21)19(13)17(3)22)10-18(16)26(23,24)12-7-5-11(2)6-8-12/h5-8,13,22H,4,9-10H2,1-3H3/t13-,16+,18?/m1/s1. The maximum atomic E-state index is 12.9. The highest BCUT2D eigenvalue weighted by atomic mass is 32.2. The zero-order valence-corrected chi connectivity index (χ0v) is 15.7. The molecule has 140 valence electrons. The highest BCUT2D eigenvalue weighted by Crippen LogP contribution is 2.48. The average molecular weight is 380 g/mol. The minimum Gasteiger partial charge on any atom is -0.464 e. The summed E-state index contributed by atoms with van der Waals surface area (Å²) < 4.78 is 31.8. The molecule has 2 fully saturated rings. The molecule has 26 heavy (non-hydrogen) atoms. The summed E-state index contributed by atoms with van der Waals surface area (Å²) in [5.74, 6) is -1.21. The van der Waals surface area contributed by atoms with E-state index in [1.165, 1.54) is 19.0 Å². The number of esters is 1. The predicted molar refractivity (Wildman–Crippen MR) is 93.5 cm³/mol. The summed E-state index contributed by atoms with van der Waals surface area (Å²) in [7, 11) is -5.09. The number of hydrogen-bond donors (Lipinski definition) is 1. The van der Waals surface area contributed by atoms with Gasteiger partial charge in [-0.1, -0.05) is 17.7 Å². The zero-order valence-electron chi connectivity index (χ0n) is 14.9. The minimum atomic E-state index is -3.87. The van der Waals surface area contributed by atoms with Crippen molar-refractivity contribution in [2.75, 3.05) is 13.2 Å². The first kappa shape index (κ1) is 18.9. The second-order valence-electron chi connectivity index (χ2n) is 6.67. The van der Waals surface area contributed by atoms with E-state index in [1.54, 1.807) is 19.1 Å². The van der Waals surface area contributed by atoms with E-state index in [1.807, 2.05) is 6.92 Å². The smallest absolute Gasteiger partial charge is 0.412 e. The number of rotatable bonds is 5. The number of sulfonamides is 1. The van der Waals surface area contributed by atoms with Crippen molar-refractivity contribution in [2.24, 2.45) is 0 Å². The fourth-order valence-corrected chi connectivity index (χ4v) is 5.18. The van der Waals surface area contributed by atoms with Crippen LogP contribution in [0.25, 0.3) is 0 Å². The Balaban J connectivity index is 1.91. The van der Waals surface area contributed by atoms with Gasteiger partial charge in [0, 0.05) is 13.0 Å². The Morgan fingerprint density at radius 3 is 2.54 bits per heavy atom. The Morgan fingerprint density at radius 1 is 1.38 bits per heavy atom. The van der Waals surface area contributed by atoms with E-state index in [2.05, 4.69) is 0 Å². The molecule has 1 aromatic rings. The second kappa shape index (κ2) is 6.36.